The first-order valence-corrected chi connectivity index (χ1v) is 6.64. The zero-order valence-electron chi connectivity index (χ0n) is 11.2. The number of nitrogens with zero attached hydrogens (tertiary/aromatic N) is 1. The van der Waals surface area contributed by atoms with E-state index in [1.807, 2.05) is 12.1 Å². The van der Waals surface area contributed by atoms with Crippen molar-refractivity contribution in [3.05, 3.63) is 53.2 Å². The molecule has 106 valence electrons. The highest BCUT2D eigenvalue weighted by atomic mass is 35.5. The number of aromatic nitrogens is 2. The number of hydrogen-bond donors (Lipinski definition) is 2. The van der Waals surface area contributed by atoms with Gasteiger partial charge in [0, 0.05) is 10.4 Å². The molecule has 0 bridgehead atoms. The van der Waals surface area contributed by atoms with Crippen LogP contribution >= 0.6 is 11.6 Å². The Hall–Kier alpha value is -2.53. The van der Waals surface area contributed by atoms with Gasteiger partial charge in [0.2, 0.25) is 0 Å². The highest BCUT2D eigenvalue weighted by molar-refractivity contribution is 6.31. The Morgan fingerprint density at radius 2 is 2.19 bits per heavy atom. The van der Waals surface area contributed by atoms with E-state index in [1.54, 1.807) is 30.5 Å². The largest absolute Gasteiger partial charge is 0.495 e. The predicted molar refractivity (Wildman–Crippen MR) is 82.1 cm³/mol. The lowest BCUT2D eigenvalue weighted by Gasteiger charge is -2.11. The van der Waals surface area contributed by atoms with Crippen LogP contribution in [0.5, 0.6) is 5.75 Å². The number of rotatable bonds is 3. The number of fused-ring (bicyclic) bond motifs is 1. The minimum absolute atomic E-state index is 0.259. The van der Waals surface area contributed by atoms with Crippen molar-refractivity contribution < 1.29 is 9.53 Å². The Labute approximate surface area is 125 Å². The molecule has 0 fully saturated rings. The molecule has 1 aromatic heterocycles. The minimum Gasteiger partial charge on any atom is -0.495 e. The van der Waals surface area contributed by atoms with Crippen molar-refractivity contribution in [2.24, 2.45) is 0 Å². The molecule has 0 unspecified atom stereocenters. The number of hydrogen-bond acceptors (Lipinski definition) is 3. The van der Waals surface area contributed by atoms with E-state index in [-0.39, 0.29) is 5.91 Å². The molecule has 0 aliphatic heterocycles. The van der Waals surface area contributed by atoms with Crippen molar-refractivity contribution in [3.63, 3.8) is 0 Å². The molecule has 1 amide bonds. The third kappa shape index (κ3) is 2.55. The van der Waals surface area contributed by atoms with Crippen LogP contribution in [0.15, 0.2) is 42.6 Å². The van der Waals surface area contributed by atoms with Gasteiger partial charge in [-0.3, -0.25) is 9.89 Å². The normalized spacial score (nSPS) is 10.6. The van der Waals surface area contributed by atoms with Crippen LogP contribution in [0.25, 0.3) is 10.9 Å². The van der Waals surface area contributed by atoms with Crippen molar-refractivity contribution in [2.45, 2.75) is 0 Å². The lowest BCUT2D eigenvalue weighted by molar-refractivity contribution is 0.102. The number of amides is 1. The maximum absolute atomic E-state index is 12.4. The smallest absolute Gasteiger partial charge is 0.257 e. The number of ether oxygens (including phenoxy) is 1. The van der Waals surface area contributed by atoms with Gasteiger partial charge in [0.05, 0.1) is 30.1 Å². The second-order valence-corrected chi connectivity index (χ2v) is 4.87. The van der Waals surface area contributed by atoms with Gasteiger partial charge in [-0.05, 0) is 24.3 Å². The molecule has 2 aromatic carbocycles. The maximum Gasteiger partial charge on any atom is 0.257 e. The van der Waals surface area contributed by atoms with Gasteiger partial charge in [-0.25, -0.2) is 0 Å². The molecule has 3 aromatic rings. The zero-order chi connectivity index (χ0) is 14.8. The fourth-order valence-electron chi connectivity index (χ4n) is 2.13. The highest BCUT2D eigenvalue weighted by Crippen LogP contribution is 2.28. The summed E-state index contributed by atoms with van der Waals surface area (Å²) >= 11 is 5.96. The van der Waals surface area contributed by atoms with Crippen LogP contribution in [0.2, 0.25) is 5.02 Å². The van der Waals surface area contributed by atoms with Crippen molar-refractivity contribution in [1.82, 2.24) is 10.2 Å². The molecule has 1 heterocycles. The first kappa shape index (κ1) is 13.5. The van der Waals surface area contributed by atoms with Gasteiger partial charge < -0.3 is 10.1 Å². The van der Waals surface area contributed by atoms with Crippen molar-refractivity contribution >= 4 is 34.1 Å². The van der Waals surface area contributed by atoms with Crippen LogP contribution in [-0.2, 0) is 0 Å². The number of benzene rings is 2. The number of nitrogens with one attached hydrogen (secondary N) is 2. The van der Waals surface area contributed by atoms with Crippen LogP contribution in [0.1, 0.15) is 10.4 Å². The highest BCUT2D eigenvalue weighted by Gasteiger charge is 2.14. The van der Waals surface area contributed by atoms with Crippen LogP contribution in [0.4, 0.5) is 5.69 Å². The van der Waals surface area contributed by atoms with Crippen LogP contribution in [0.3, 0.4) is 0 Å². The average Bonchev–Trinajstić information content (AvgIpc) is 2.95. The standard InChI is InChI=1S/C15H12ClN3O2/c1-21-13-6-5-10(16)7-12(13)18-15(20)11-4-2-3-9-8-17-19-14(9)11/h2-8H,1H3,(H,17,19)(H,18,20). The van der Waals surface area contributed by atoms with Gasteiger partial charge in [0.1, 0.15) is 5.75 Å². The molecule has 2 N–H and O–H groups in total. The van der Waals surface area contributed by atoms with Crippen LogP contribution < -0.4 is 10.1 Å². The van der Waals surface area contributed by atoms with E-state index in [0.29, 0.717) is 27.5 Å². The lowest BCUT2D eigenvalue weighted by atomic mass is 10.1. The number of carbonyl (C=O) groups is 1. The topological polar surface area (TPSA) is 67.0 Å². The number of para-hydroxylation sites is 1. The van der Waals surface area contributed by atoms with Crippen LogP contribution in [0, 0.1) is 0 Å². The fraction of sp³-hybridized carbons (Fsp3) is 0.0667. The Balaban J connectivity index is 1.97. The van der Waals surface area contributed by atoms with E-state index in [0.717, 1.165) is 5.39 Å². The second-order valence-electron chi connectivity index (χ2n) is 4.44. The molecule has 0 radical (unpaired) electrons. The summed E-state index contributed by atoms with van der Waals surface area (Å²) < 4.78 is 5.22. The maximum atomic E-state index is 12.4. The van der Waals surface area contributed by atoms with E-state index in [4.69, 9.17) is 16.3 Å². The molecule has 0 saturated heterocycles. The van der Waals surface area contributed by atoms with Gasteiger partial charge >= 0.3 is 0 Å². The third-order valence-electron chi connectivity index (χ3n) is 3.13. The van der Waals surface area contributed by atoms with Gasteiger partial charge in [-0.1, -0.05) is 23.7 Å². The number of halogens is 1. The van der Waals surface area contributed by atoms with Gasteiger partial charge in [0.15, 0.2) is 0 Å². The molecule has 0 spiro atoms. The fourth-order valence-corrected chi connectivity index (χ4v) is 2.30. The van der Waals surface area contributed by atoms with E-state index < -0.39 is 0 Å². The lowest BCUT2D eigenvalue weighted by Crippen LogP contribution is -2.13. The summed E-state index contributed by atoms with van der Waals surface area (Å²) in [5.41, 5.74) is 1.72. The number of H-pyrrole nitrogens is 1. The van der Waals surface area contributed by atoms with Crippen LogP contribution in [-0.4, -0.2) is 23.2 Å². The quantitative estimate of drug-likeness (QED) is 0.778. The first-order valence-electron chi connectivity index (χ1n) is 6.26. The van der Waals surface area contributed by atoms with E-state index >= 15 is 0 Å². The van der Waals surface area contributed by atoms with E-state index in [2.05, 4.69) is 15.5 Å². The molecule has 6 heteroatoms. The number of aromatic amines is 1. The number of anilines is 1. The molecular formula is C15H12ClN3O2. The Kier molecular flexibility index (Phi) is 3.50. The molecule has 21 heavy (non-hydrogen) atoms. The molecule has 3 rings (SSSR count). The first-order chi connectivity index (χ1) is 10.2. The summed E-state index contributed by atoms with van der Waals surface area (Å²) in [5, 5.41) is 11.0. The Morgan fingerprint density at radius 3 is 3.00 bits per heavy atom. The molecule has 0 aliphatic carbocycles. The number of methoxy groups -OCH3 is 1. The molecule has 0 aliphatic rings. The summed E-state index contributed by atoms with van der Waals surface area (Å²) in [6, 6.07) is 10.5. The summed E-state index contributed by atoms with van der Waals surface area (Å²) in [7, 11) is 1.54. The molecular weight excluding hydrogens is 290 g/mol. The predicted octanol–water partition coefficient (Wildman–Crippen LogP) is 3.48. The zero-order valence-corrected chi connectivity index (χ0v) is 11.9. The second kappa shape index (κ2) is 5.46. The van der Waals surface area contributed by atoms with Crippen molar-refractivity contribution in [1.29, 1.82) is 0 Å². The summed E-state index contributed by atoms with van der Waals surface area (Å²) in [4.78, 5) is 12.4. The van der Waals surface area contributed by atoms with Crippen molar-refractivity contribution in [3.8, 4) is 5.75 Å². The average molecular weight is 302 g/mol. The Bertz CT molecular complexity index is 814. The summed E-state index contributed by atoms with van der Waals surface area (Å²) in [6.45, 7) is 0. The summed E-state index contributed by atoms with van der Waals surface area (Å²) in [6.07, 6.45) is 1.67. The monoisotopic (exact) mass is 301 g/mol. The third-order valence-corrected chi connectivity index (χ3v) is 3.37. The molecule has 5 nitrogen and oxygen atoms in total. The van der Waals surface area contributed by atoms with Gasteiger partial charge in [-0.15, -0.1) is 0 Å². The SMILES string of the molecule is COc1ccc(Cl)cc1NC(=O)c1cccc2cn[nH]c12. The van der Waals surface area contributed by atoms with Crippen molar-refractivity contribution in [2.75, 3.05) is 12.4 Å². The van der Waals surface area contributed by atoms with Gasteiger partial charge in [-0.2, -0.15) is 5.10 Å². The molecule has 0 saturated carbocycles. The van der Waals surface area contributed by atoms with Gasteiger partial charge in [0.25, 0.3) is 5.91 Å². The summed E-state index contributed by atoms with van der Waals surface area (Å²) in [5.74, 6) is 0.287. The Morgan fingerprint density at radius 1 is 1.33 bits per heavy atom. The minimum atomic E-state index is -0.259. The van der Waals surface area contributed by atoms with E-state index in [9.17, 15) is 4.79 Å². The number of carbonyl (C=O) groups excluding carboxylic acids is 1. The van der Waals surface area contributed by atoms with E-state index in [1.165, 1.54) is 7.11 Å². The molecule has 0 atom stereocenters.